The maximum atomic E-state index is 12.2. The summed E-state index contributed by atoms with van der Waals surface area (Å²) in [7, 11) is 0. The first-order chi connectivity index (χ1) is 12.6. The lowest BCUT2D eigenvalue weighted by atomic mass is 10.2. The minimum atomic E-state index is -0.0413. The van der Waals surface area contributed by atoms with Gasteiger partial charge in [-0.1, -0.05) is 24.6 Å². The van der Waals surface area contributed by atoms with Crippen LogP contribution in [0, 0.1) is 0 Å². The zero-order valence-electron chi connectivity index (χ0n) is 15.2. The number of rotatable bonds is 6. The number of carbonyl (C=O) groups is 1. The molecular formula is C19H27ClN2O4. The average Bonchev–Trinajstić information content (AvgIpc) is 2.84. The summed E-state index contributed by atoms with van der Waals surface area (Å²) < 4.78 is 17.0. The number of ether oxygens (including phenoxy) is 3. The molecule has 2 aliphatic heterocycles. The van der Waals surface area contributed by atoms with Crippen molar-refractivity contribution in [2.75, 3.05) is 39.5 Å². The van der Waals surface area contributed by atoms with Crippen molar-refractivity contribution in [1.82, 2.24) is 10.2 Å². The van der Waals surface area contributed by atoms with E-state index in [4.69, 9.17) is 25.8 Å². The second-order valence-electron chi connectivity index (χ2n) is 6.76. The molecule has 2 heterocycles. The van der Waals surface area contributed by atoms with Gasteiger partial charge in [-0.3, -0.25) is 9.69 Å². The van der Waals surface area contributed by atoms with Gasteiger partial charge in [0.1, 0.15) is 11.9 Å². The second-order valence-corrected chi connectivity index (χ2v) is 7.19. The number of nitrogens with one attached hydrogen (secondary N) is 1. The molecule has 1 N–H and O–H groups in total. The van der Waals surface area contributed by atoms with Gasteiger partial charge in [-0.15, -0.1) is 0 Å². The molecule has 0 spiro atoms. The van der Waals surface area contributed by atoms with Crippen LogP contribution in [-0.4, -0.2) is 62.5 Å². The van der Waals surface area contributed by atoms with Crippen molar-refractivity contribution in [1.29, 1.82) is 0 Å². The molecule has 1 aromatic carbocycles. The molecule has 26 heavy (non-hydrogen) atoms. The van der Waals surface area contributed by atoms with E-state index in [9.17, 15) is 4.79 Å². The van der Waals surface area contributed by atoms with Gasteiger partial charge in [0.15, 0.2) is 0 Å². The first-order valence-corrected chi connectivity index (χ1v) is 9.65. The van der Waals surface area contributed by atoms with Crippen molar-refractivity contribution in [2.24, 2.45) is 0 Å². The molecule has 2 atom stereocenters. The Kier molecular flexibility index (Phi) is 7.14. The maximum absolute atomic E-state index is 12.2. The monoisotopic (exact) mass is 382 g/mol. The smallest absolute Gasteiger partial charge is 0.221 e. The first kappa shape index (κ1) is 19.4. The molecular weight excluding hydrogens is 356 g/mol. The molecule has 1 saturated heterocycles. The molecule has 0 aromatic heterocycles. The van der Waals surface area contributed by atoms with E-state index in [-0.39, 0.29) is 18.1 Å². The van der Waals surface area contributed by atoms with Crippen LogP contribution in [-0.2, 0) is 20.8 Å². The van der Waals surface area contributed by atoms with Gasteiger partial charge in [0, 0.05) is 43.2 Å². The van der Waals surface area contributed by atoms with Crippen molar-refractivity contribution < 1.29 is 19.0 Å². The molecule has 2 aliphatic rings. The topological polar surface area (TPSA) is 60.0 Å². The van der Waals surface area contributed by atoms with Crippen LogP contribution >= 0.6 is 11.6 Å². The Hall–Kier alpha value is -1.34. The van der Waals surface area contributed by atoms with Crippen LogP contribution in [0.25, 0.3) is 0 Å². The molecule has 0 bridgehead atoms. The molecule has 0 unspecified atom stereocenters. The van der Waals surface area contributed by atoms with Gasteiger partial charge < -0.3 is 19.5 Å². The van der Waals surface area contributed by atoms with Crippen LogP contribution in [0.1, 0.15) is 25.3 Å². The molecule has 0 aliphatic carbocycles. The molecule has 0 radical (unpaired) electrons. The standard InChI is InChI=1S/C19H27ClN2O4/c1-2-16-12-22(11-14-3-4-15(20)9-18(14)26-16)6-5-19(23)21-10-17-13-24-7-8-25-17/h3-4,9,16-17H,2,5-8,10-13H2,1H3,(H,21,23)/t16-,17-/m1/s1. The lowest BCUT2D eigenvalue weighted by molar-refractivity contribution is -0.124. The normalized spacial score (nSPS) is 23.6. The second kappa shape index (κ2) is 9.55. The number of fused-ring (bicyclic) bond motifs is 1. The molecule has 1 fully saturated rings. The van der Waals surface area contributed by atoms with Gasteiger partial charge >= 0.3 is 0 Å². The molecule has 1 amide bonds. The van der Waals surface area contributed by atoms with Crippen molar-refractivity contribution in [3.8, 4) is 5.75 Å². The molecule has 7 heteroatoms. The Bertz CT molecular complexity index is 607. The van der Waals surface area contributed by atoms with Crippen LogP contribution in [0.3, 0.4) is 0 Å². The van der Waals surface area contributed by atoms with Crippen molar-refractivity contribution in [3.63, 3.8) is 0 Å². The van der Waals surface area contributed by atoms with Crippen LogP contribution in [0.5, 0.6) is 5.75 Å². The fourth-order valence-corrected chi connectivity index (χ4v) is 3.35. The summed E-state index contributed by atoms with van der Waals surface area (Å²) in [6.07, 6.45) is 1.42. The first-order valence-electron chi connectivity index (χ1n) is 9.27. The predicted octanol–water partition coefficient (Wildman–Crippen LogP) is 2.23. The van der Waals surface area contributed by atoms with Crippen LogP contribution in [0.4, 0.5) is 0 Å². The van der Waals surface area contributed by atoms with Crippen LogP contribution in [0.15, 0.2) is 18.2 Å². The van der Waals surface area contributed by atoms with Gasteiger partial charge in [-0.2, -0.15) is 0 Å². The third-order valence-electron chi connectivity index (χ3n) is 4.70. The Balaban J connectivity index is 1.50. The lowest BCUT2D eigenvalue weighted by Crippen LogP contribution is -2.41. The third-order valence-corrected chi connectivity index (χ3v) is 4.94. The summed E-state index contributed by atoms with van der Waals surface area (Å²) in [5.74, 6) is 0.888. The lowest BCUT2D eigenvalue weighted by Gasteiger charge is -2.24. The Labute approximate surface area is 159 Å². The number of carbonyl (C=O) groups excluding carboxylic acids is 1. The summed E-state index contributed by atoms with van der Waals surface area (Å²) >= 11 is 6.09. The summed E-state index contributed by atoms with van der Waals surface area (Å²) in [5, 5.41) is 3.62. The van der Waals surface area contributed by atoms with Crippen molar-refractivity contribution in [2.45, 2.75) is 38.5 Å². The highest BCUT2D eigenvalue weighted by molar-refractivity contribution is 6.30. The van der Waals surface area contributed by atoms with Gasteiger partial charge in [0.05, 0.1) is 25.9 Å². The molecule has 6 nitrogen and oxygen atoms in total. The Morgan fingerprint density at radius 2 is 2.23 bits per heavy atom. The van der Waals surface area contributed by atoms with Crippen molar-refractivity contribution in [3.05, 3.63) is 28.8 Å². The van der Waals surface area contributed by atoms with Gasteiger partial charge in [-0.05, 0) is 18.6 Å². The fraction of sp³-hybridized carbons (Fsp3) is 0.632. The van der Waals surface area contributed by atoms with E-state index in [1.807, 2.05) is 18.2 Å². The van der Waals surface area contributed by atoms with E-state index in [1.54, 1.807) is 0 Å². The number of hydrogen-bond acceptors (Lipinski definition) is 5. The zero-order chi connectivity index (χ0) is 18.4. The zero-order valence-corrected chi connectivity index (χ0v) is 16.0. The number of nitrogens with zero attached hydrogens (tertiary/aromatic N) is 1. The molecule has 1 aromatic rings. The van der Waals surface area contributed by atoms with Gasteiger partial charge in [-0.25, -0.2) is 0 Å². The maximum Gasteiger partial charge on any atom is 0.221 e. The minimum Gasteiger partial charge on any atom is -0.489 e. The van der Waals surface area contributed by atoms with E-state index in [1.165, 1.54) is 0 Å². The molecule has 3 rings (SSSR count). The number of hydrogen-bond donors (Lipinski definition) is 1. The van der Waals surface area contributed by atoms with Crippen molar-refractivity contribution >= 4 is 17.5 Å². The quantitative estimate of drug-likeness (QED) is 0.817. The van der Waals surface area contributed by atoms with E-state index in [0.717, 1.165) is 30.8 Å². The number of benzene rings is 1. The van der Waals surface area contributed by atoms with E-state index < -0.39 is 0 Å². The summed E-state index contributed by atoms with van der Waals surface area (Å²) in [5.41, 5.74) is 1.11. The largest absolute Gasteiger partial charge is 0.489 e. The Morgan fingerprint density at radius 1 is 1.35 bits per heavy atom. The van der Waals surface area contributed by atoms with Crippen LogP contribution in [0.2, 0.25) is 5.02 Å². The summed E-state index contributed by atoms with van der Waals surface area (Å²) in [6, 6.07) is 5.76. The number of halogens is 1. The van der Waals surface area contributed by atoms with E-state index in [0.29, 0.717) is 44.4 Å². The third kappa shape index (κ3) is 5.58. The Morgan fingerprint density at radius 3 is 3.00 bits per heavy atom. The highest BCUT2D eigenvalue weighted by Gasteiger charge is 2.23. The summed E-state index contributed by atoms with van der Waals surface area (Å²) in [4.78, 5) is 14.4. The molecule has 0 saturated carbocycles. The van der Waals surface area contributed by atoms with Crippen LogP contribution < -0.4 is 10.1 Å². The molecule has 144 valence electrons. The van der Waals surface area contributed by atoms with Gasteiger partial charge in [0.25, 0.3) is 0 Å². The predicted molar refractivity (Wildman–Crippen MR) is 99.6 cm³/mol. The SMILES string of the molecule is CC[C@@H]1CN(CCC(=O)NC[C@@H]2COCCO2)Cc2ccc(Cl)cc2O1. The van der Waals surface area contributed by atoms with E-state index >= 15 is 0 Å². The average molecular weight is 383 g/mol. The van der Waals surface area contributed by atoms with E-state index in [2.05, 4.69) is 17.1 Å². The highest BCUT2D eigenvalue weighted by Crippen LogP contribution is 2.29. The fourth-order valence-electron chi connectivity index (χ4n) is 3.19. The summed E-state index contributed by atoms with van der Waals surface area (Å²) in [6.45, 7) is 6.63. The highest BCUT2D eigenvalue weighted by atomic mass is 35.5. The van der Waals surface area contributed by atoms with Gasteiger partial charge in [0.2, 0.25) is 5.91 Å². The minimum absolute atomic E-state index is 0.0358. The number of amides is 1.